The predicted octanol–water partition coefficient (Wildman–Crippen LogP) is 0.546. The van der Waals surface area contributed by atoms with Crippen LogP contribution in [0.1, 0.15) is 12.8 Å². The standard InChI is InChI=1S/C4H7OS/c5-6-3-1-2-4-6/h3H,1-2,4H2/q-1. The molecule has 0 aromatic rings. The molecule has 0 amide bonds. The van der Waals surface area contributed by atoms with Gasteiger partial charge in [-0.15, -0.1) is 5.75 Å². The van der Waals surface area contributed by atoms with Crippen LogP contribution in [0.25, 0.3) is 0 Å². The molecule has 1 aliphatic rings. The van der Waals surface area contributed by atoms with Crippen LogP contribution in [0, 0.1) is 0 Å². The zero-order chi connectivity index (χ0) is 4.41. The summed E-state index contributed by atoms with van der Waals surface area (Å²) in [5.41, 5.74) is 0. The number of hydrogen-bond acceptors (Lipinski definition) is 2. The van der Waals surface area contributed by atoms with Crippen LogP contribution in [-0.4, -0.2) is 11.1 Å². The maximum Gasteiger partial charge on any atom is -0.0581 e. The molecule has 6 heavy (non-hydrogen) atoms. The Morgan fingerprint density at radius 2 is 2.50 bits per heavy atom. The molecule has 0 atom stereocenters. The first-order valence-electron chi connectivity index (χ1n) is 2.10. The minimum absolute atomic E-state index is 0.548. The van der Waals surface area contributed by atoms with E-state index in [2.05, 4.69) is 0 Å². The second-order valence-corrected chi connectivity index (χ2v) is 2.90. The minimum Gasteiger partial charge on any atom is -0.461 e. The van der Waals surface area contributed by atoms with E-state index in [4.69, 9.17) is 0 Å². The third kappa shape index (κ3) is 0.744. The molecule has 1 nitrogen and oxygen atoms in total. The van der Waals surface area contributed by atoms with Gasteiger partial charge in [-0.3, -0.25) is 10.4 Å². The first kappa shape index (κ1) is 4.19. The van der Waals surface area contributed by atoms with E-state index < -0.39 is 10.4 Å². The van der Waals surface area contributed by atoms with Crippen LogP contribution in [0.4, 0.5) is 0 Å². The Kier molecular flexibility index (Phi) is 1.15. The van der Waals surface area contributed by atoms with Gasteiger partial charge < -0.3 is 4.21 Å². The summed E-state index contributed by atoms with van der Waals surface area (Å²) in [6.07, 6.45) is 2.19. The van der Waals surface area contributed by atoms with Crippen LogP contribution in [0.2, 0.25) is 0 Å². The summed E-state index contributed by atoms with van der Waals surface area (Å²) in [7, 11) is -0.548. The molecule has 0 unspecified atom stereocenters. The number of hydrogen-bond donors (Lipinski definition) is 0. The zero-order valence-electron chi connectivity index (χ0n) is 3.52. The van der Waals surface area contributed by atoms with Crippen LogP contribution in [-0.2, 0) is 14.6 Å². The molecule has 0 N–H and O–H groups in total. The molecule has 0 saturated carbocycles. The van der Waals surface area contributed by atoms with Crippen molar-refractivity contribution in [1.82, 2.24) is 0 Å². The third-order valence-electron chi connectivity index (χ3n) is 0.853. The fourth-order valence-electron chi connectivity index (χ4n) is 0.524. The SMILES string of the molecule is O=[S-]1=CCCC1. The normalized spacial score (nSPS) is 24.0. The fraction of sp³-hybridized carbons (Fsp3) is 0.750. The van der Waals surface area contributed by atoms with E-state index in [0.29, 0.717) is 0 Å². The Morgan fingerprint density at radius 3 is 2.67 bits per heavy atom. The van der Waals surface area contributed by atoms with Gasteiger partial charge in [0.1, 0.15) is 0 Å². The van der Waals surface area contributed by atoms with Crippen molar-refractivity contribution in [3.8, 4) is 0 Å². The summed E-state index contributed by atoms with van der Waals surface area (Å²) in [6.45, 7) is 0. The highest BCUT2D eigenvalue weighted by molar-refractivity contribution is 7.83. The van der Waals surface area contributed by atoms with Crippen molar-refractivity contribution in [2.45, 2.75) is 12.8 Å². The van der Waals surface area contributed by atoms with Gasteiger partial charge in [0.05, 0.1) is 0 Å². The average Bonchev–Trinajstić information content (AvgIpc) is 1.86. The summed E-state index contributed by atoms with van der Waals surface area (Å²) in [5, 5.41) is 1.88. The second kappa shape index (κ2) is 1.65. The van der Waals surface area contributed by atoms with Gasteiger partial charge in [0.25, 0.3) is 0 Å². The van der Waals surface area contributed by atoms with Crippen molar-refractivity contribution < 1.29 is 4.21 Å². The van der Waals surface area contributed by atoms with Crippen LogP contribution in [0.3, 0.4) is 0 Å². The van der Waals surface area contributed by atoms with Crippen LogP contribution < -0.4 is 0 Å². The van der Waals surface area contributed by atoms with Crippen molar-refractivity contribution in [2.24, 2.45) is 0 Å². The molecule has 2 heteroatoms. The van der Waals surface area contributed by atoms with E-state index in [1.807, 2.05) is 5.37 Å². The molecule has 0 spiro atoms. The van der Waals surface area contributed by atoms with E-state index in [-0.39, 0.29) is 0 Å². The Morgan fingerprint density at radius 1 is 1.67 bits per heavy atom. The lowest BCUT2D eigenvalue weighted by Crippen LogP contribution is -1.71. The van der Waals surface area contributed by atoms with Crippen LogP contribution >= 0.6 is 0 Å². The first-order valence-corrected chi connectivity index (χ1v) is 3.48. The quantitative estimate of drug-likeness (QED) is 0.323. The van der Waals surface area contributed by atoms with Gasteiger partial charge in [0.2, 0.25) is 0 Å². The molecule has 0 radical (unpaired) electrons. The Balaban J connectivity index is 2.68. The minimum atomic E-state index is -0.548. The molecule has 36 valence electrons. The van der Waals surface area contributed by atoms with E-state index in [1.165, 1.54) is 0 Å². The molecule has 0 aromatic carbocycles. The van der Waals surface area contributed by atoms with Gasteiger partial charge in [-0.2, -0.15) is 5.37 Å². The maximum atomic E-state index is 10.3. The van der Waals surface area contributed by atoms with Crippen LogP contribution in [0.15, 0.2) is 0 Å². The molecule has 0 fully saturated rings. The lowest BCUT2D eigenvalue weighted by atomic mass is 10.4. The lowest BCUT2D eigenvalue weighted by molar-refractivity contribution is 0.603. The van der Waals surface area contributed by atoms with Crippen molar-refractivity contribution in [2.75, 3.05) is 5.75 Å². The van der Waals surface area contributed by atoms with Gasteiger partial charge in [0.15, 0.2) is 0 Å². The highest BCUT2D eigenvalue weighted by atomic mass is 32.2. The summed E-state index contributed by atoms with van der Waals surface area (Å²) in [4.78, 5) is 0. The zero-order valence-corrected chi connectivity index (χ0v) is 4.33. The fourth-order valence-corrected chi connectivity index (χ4v) is 1.57. The van der Waals surface area contributed by atoms with Gasteiger partial charge in [-0.25, -0.2) is 0 Å². The maximum absolute atomic E-state index is 10.3. The summed E-state index contributed by atoms with van der Waals surface area (Å²) in [5.74, 6) is 0.903. The average molecular weight is 103 g/mol. The van der Waals surface area contributed by atoms with Crippen molar-refractivity contribution in [3.05, 3.63) is 0 Å². The summed E-state index contributed by atoms with van der Waals surface area (Å²) in [6, 6.07) is 0. The van der Waals surface area contributed by atoms with Gasteiger partial charge in [0, 0.05) is 0 Å². The highest BCUT2D eigenvalue weighted by Crippen LogP contribution is 1.93. The van der Waals surface area contributed by atoms with E-state index in [1.54, 1.807) is 0 Å². The molecule has 1 rings (SSSR count). The van der Waals surface area contributed by atoms with Crippen LogP contribution in [0.5, 0.6) is 0 Å². The molecular weight excluding hydrogens is 96.1 g/mol. The van der Waals surface area contributed by atoms with Crippen molar-refractivity contribution in [1.29, 1.82) is 0 Å². The van der Waals surface area contributed by atoms with Gasteiger partial charge in [-0.1, -0.05) is 12.8 Å². The highest BCUT2D eigenvalue weighted by Gasteiger charge is 1.81. The van der Waals surface area contributed by atoms with E-state index in [9.17, 15) is 4.21 Å². The topological polar surface area (TPSA) is 17.1 Å². The van der Waals surface area contributed by atoms with E-state index >= 15 is 0 Å². The molecule has 0 saturated heterocycles. The third-order valence-corrected chi connectivity index (χ3v) is 2.15. The van der Waals surface area contributed by atoms with Gasteiger partial charge >= 0.3 is 0 Å². The Hall–Kier alpha value is 0.0200. The molecule has 0 bridgehead atoms. The van der Waals surface area contributed by atoms with Crippen molar-refractivity contribution in [3.63, 3.8) is 0 Å². The van der Waals surface area contributed by atoms with E-state index in [0.717, 1.165) is 18.6 Å². The molecule has 1 aliphatic heterocycles. The summed E-state index contributed by atoms with van der Waals surface area (Å²) < 4.78 is 10.3. The Labute approximate surface area is 39.4 Å². The largest absolute Gasteiger partial charge is 0.461 e. The monoisotopic (exact) mass is 103 g/mol. The molecular formula is C4H7OS-. The van der Waals surface area contributed by atoms with Gasteiger partial charge in [-0.05, 0) is 0 Å². The van der Waals surface area contributed by atoms with Crippen molar-refractivity contribution >= 4 is 15.8 Å². The summed E-state index contributed by atoms with van der Waals surface area (Å²) >= 11 is 0. The number of rotatable bonds is 0. The second-order valence-electron chi connectivity index (χ2n) is 1.39. The molecule has 0 aromatic heterocycles. The smallest absolute Gasteiger partial charge is 0.0581 e. The molecule has 0 aliphatic carbocycles. The first-order chi connectivity index (χ1) is 2.89. The lowest BCUT2D eigenvalue weighted by Gasteiger charge is -1.83. The molecule has 1 heterocycles. The Bertz CT molecular complexity index is 111. The predicted molar refractivity (Wildman–Crippen MR) is 28.2 cm³/mol.